The molecule has 2 aliphatic heterocycles. The van der Waals surface area contributed by atoms with Gasteiger partial charge in [0.2, 0.25) is 11.8 Å². The minimum Gasteiger partial charge on any atom is -0.381 e. The lowest BCUT2D eigenvalue weighted by Gasteiger charge is -2.26. The van der Waals surface area contributed by atoms with Crippen molar-refractivity contribution in [3.8, 4) is 0 Å². The van der Waals surface area contributed by atoms with Crippen LogP contribution < -0.4 is 16.0 Å². The van der Waals surface area contributed by atoms with Crippen LogP contribution >= 0.6 is 0 Å². The summed E-state index contributed by atoms with van der Waals surface area (Å²) < 4.78 is 5.31. The van der Waals surface area contributed by atoms with Gasteiger partial charge in [-0.15, -0.1) is 0 Å². The summed E-state index contributed by atoms with van der Waals surface area (Å²) in [6, 6.07) is 5.14. The molecule has 0 aromatic heterocycles. The molecule has 0 saturated carbocycles. The van der Waals surface area contributed by atoms with Gasteiger partial charge in [0, 0.05) is 38.1 Å². The Hall–Kier alpha value is -1.92. The Bertz CT molecular complexity index is 611. The van der Waals surface area contributed by atoms with Crippen molar-refractivity contribution in [3.05, 3.63) is 23.8 Å². The van der Waals surface area contributed by atoms with Gasteiger partial charge in [-0.2, -0.15) is 0 Å². The van der Waals surface area contributed by atoms with Crippen LogP contribution in [-0.4, -0.2) is 37.6 Å². The van der Waals surface area contributed by atoms with E-state index in [1.165, 1.54) is 0 Å². The maximum atomic E-state index is 12.3. The lowest BCUT2D eigenvalue weighted by atomic mass is 9.92. The summed E-state index contributed by atoms with van der Waals surface area (Å²) in [5.41, 5.74) is 8.85. The third-order valence-corrected chi connectivity index (χ3v) is 4.70. The number of hydrogen-bond donors (Lipinski definition) is 2. The van der Waals surface area contributed by atoms with Crippen LogP contribution in [-0.2, 0) is 20.7 Å². The van der Waals surface area contributed by atoms with Crippen molar-refractivity contribution < 1.29 is 14.3 Å². The zero-order valence-corrected chi connectivity index (χ0v) is 13.4. The summed E-state index contributed by atoms with van der Waals surface area (Å²) in [5.74, 6) is 0.0618. The van der Waals surface area contributed by atoms with E-state index in [1.54, 1.807) is 11.8 Å². The first-order valence-corrected chi connectivity index (χ1v) is 8.11. The number of fused-ring (bicyclic) bond motifs is 1. The van der Waals surface area contributed by atoms with Crippen molar-refractivity contribution in [1.29, 1.82) is 0 Å². The Morgan fingerprint density at radius 3 is 2.78 bits per heavy atom. The summed E-state index contributed by atoms with van der Waals surface area (Å²) in [7, 11) is 0. The number of ether oxygens (including phenoxy) is 1. The number of anilines is 2. The Kier molecular flexibility index (Phi) is 4.63. The van der Waals surface area contributed by atoms with Crippen LogP contribution in [0.15, 0.2) is 18.2 Å². The molecule has 23 heavy (non-hydrogen) atoms. The highest BCUT2D eigenvalue weighted by Crippen LogP contribution is 2.30. The first kappa shape index (κ1) is 16.0. The normalized spacial score (nSPS) is 19.3. The molecule has 124 valence electrons. The lowest BCUT2D eigenvalue weighted by Crippen LogP contribution is -2.44. The van der Waals surface area contributed by atoms with Crippen LogP contribution in [0.25, 0.3) is 0 Å². The van der Waals surface area contributed by atoms with Gasteiger partial charge in [-0.3, -0.25) is 9.59 Å². The third-order valence-electron chi connectivity index (χ3n) is 4.70. The fraction of sp³-hybridized carbons (Fsp3) is 0.529. The second-order valence-electron chi connectivity index (χ2n) is 6.23. The molecule has 1 unspecified atom stereocenters. The van der Waals surface area contributed by atoms with E-state index in [0.717, 1.165) is 36.2 Å². The molecule has 1 saturated heterocycles. The predicted molar refractivity (Wildman–Crippen MR) is 88.3 cm³/mol. The van der Waals surface area contributed by atoms with E-state index in [-0.39, 0.29) is 17.7 Å². The highest BCUT2D eigenvalue weighted by molar-refractivity contribution is 5.97. The molecular formula is C17H23N3O3. The summed E-state index contributed by atoms with van der Waals surface area (Å²) in [4.78, 5) is 25.7. The Morgan fingerprint density at radius 1 is 1.35 bits per heavy atom. The summed E-state index contributed by atoms with van der Waals surface area (Å²) in [6.45, 7) is 3.61. The van der Waals surface area contributed by atoms with E-state index in [0.29, 0.717) is 19.8 Å². The van der Waals surface area contributed by atoms with E-state index < -0.39 is 6.04 Å². The molecule has 0 aliphatic carbocycles. The van der Waals surface area contributed by atoms with Crippen LogP contribution in [0.5, 0.6) is 0 Å². The van der Waals surface area contributed by atoms with E-state index in [9.17, 15) is 9.59 Å². The molecule has 1 aromatic carbocycles. The number of amides is 2. The number of nitrogens with two attached hydrogens (primary N) is 1. The lowest BCUT2D eigenvalue weighted by molar-refractivity contribution is -0.119. The number of nitrogens with one attached hydrogen (secondary N) is 1. The Balaban J connectivity index is 1.66. The monoisotopic (exact) mass is 317 g/mol. The summed E-state index contributed by atoms with van der Waals surface area (Å²) >= 11 is 0. The number of carbonyl (C=O) groups is 2. The SMILES string of the molecule is CC(=O)N1CCc2cc(NC(=O)C(N)C3CCOCC3)ccc21. The predicted octanol–water partition coefficient (Wildman–Crippen LogP) is 1.29. The summed E-state index contributed by atoms with van der Waals surface area (Å²) in [5, 5.41) is 2.90. The van der Waals surface area contributed by atoms with E-state index in [1.807, 2.05) is 18.2 Å². The van der Waals surface area contributed by atoms with Crippen LogP contribution in [0.4, 0.5) is 11.4 Å². The van der Waals surface area contributed by atoms with Crippen molar-refractivity contribution in [2.75, 3.05) is 30.0 Å². The molecule has 0 spiro atoms. The topological polar surface area (TPSA) is 84.7 Å². The second kappa shape index (κ2) is 6.68. The zero-order chi connectivity index (χ0) is 16.4. The molecule has 0 radical (unpaired) electrons. The fourth-order valence-electron chi connectivity index (χ4n) is 3.32. The van der Waals surface area contributed by atoms with Crippen molar-refractivity contribution in [2.24, 2.45) is 11.7 Å². The van der Waals surface area contributed by atoms with Crippen LogP contribution in [0.3, 0.4) is 0 Å². The van der Waals surface area contributed by atoms with Gasteiger partial charge >= 0.3 is 0 Å². The minimum absolute atomic E-state index is 0.0436. The van der Waals surface area contributed by atoms with Gasteiger partial charge in [-0.05, 0) is 48.9 Å². The Morgan fingerprint density at radius 2 is 2.09 bits per heavy atom. The zero-order valence-electron chi connectivity index (χ0n) is 13.4. The molecule has 3 N–H and O–H groups in total. The average molecular weight is 317 g/mol. The highest BCUT2D eigenvalue weighted by atomic mass is 16.5. The van der Waals surface area contributed by atoms with Crippen LogP contribution in [0, 0.1) is 5.92 Å². The Labute approximate surface area is 136 Å². The largest absolute Gasteiger partial charge is 0.381 e. The summed E-state index contributed by atoms with van der Waals surface area (Å²) in [6.07, 6.45) is 2.46. The molecule has 2 heterocycles. The molecule has 6 heteroatoms. The molecule has 1 fully saturated rings. The smallest absolute Gasteiger partial charge is 0.241 e. The number of carbonyl (C=O) groups excluding carboxylic acids is 2. The van der Waals surface area contributed by atoms with Gasteiger partial charge in [0.05, 0.1) is 6.04 Å². The number of hydrogen-bond acceptors (Lipinski definition) is 4. The van der Waals surface area contributed by atoms with E-state index >= 15 is 0 Å². The quantitative estimate of drug-likeness (QED) is 0.880. The number of rotatable bonds is 3. The van der Waals surface area contributed by atoms with Crippen LogP contribution in [0.2, 0.25) is 0 Å². The van der Waals surface area contributed by atoms with Crippen LogP contribution in [0.1, 0.15) is 25.3 Å². The van der Waals surface area contributed by atoms with Gasteiger partial charge in [0.25, 0.3) is 0 Å². The maximum absolute atomic E-state index is 12.3. The van der Waals surface area contributed by atoms with Crippen molar-refractivity contribution in [2.45, 2.75) is 32.2 Å². The molecule has 0 bridgehead atoms. The highest BCUT2D eigenvalue weighted by Gasteiger charge is 2.27. The van der Waals surface area contributed by atoms with Gasteiger partial charge in [-0.1, -0.05) is 0 Å². The average Bonchev–Trinajstić information content (AvgIpc) is 2.98. The second-order valence-corrected chi connectivity index (χ2v) is 6.23. The third kappa shape index (κ3) is 3.38. The van der Waals surface area contributed by atoms with Gasteiger partial charge in [0.1, 0.15) is 0 Å². The molecule has 2 amide bonds. The fourth-order valence-corrected chi connectivity index (χ4v) is 3.32. The molecule has 1 aromatic rings. The first-order valence-electron chi connectivity index (χ1n) is 8.11. The minimum atomic E-state index is -0.513. The maximum Gasteiger partial charge on any atom is 0.241 e. The van der Waals surface area contributed by atoms with E-state index in [2.05, 4.69) is 5.32 Å². The van der Waals surface area contributed by atoms with Gasteiger partial charge in [0.15, 0.2) is 0 Å². The molecule has 6 nitrogen and oxygen atoms in total. The van der Waals surface area contributed by atoms with Gasteiger partial charge in [-0.25, -0.2) is 0 Å². The number of benzene rings is 1. The number of nitrogens with zero attached hydrogens (tertiary/aromatic N) is 1. The standard InChI is InChI=1S/C17H23N3O3/c1-11(21)20-7-4-13-10-14(2-3-15(13)20)19-17(22)16(18)12-5-8-23-9-6-12/h2-3,10,12,16H,4-9,18H2,1H3,(H,19,22). The van der Waals surface area contributed by atoms with E-state index in [4.69, 9.17) is 10.5 Å². The first-order chi connectivity index (χ1) is 11.1. The van der Waals surface area contributed by atoms with Crippen molar-refractivity contribution in [1.82, 2.24) is 0 Å². The molecule has 2 aliphatic rings. The van der Waals surface area contributed by atoms with Crippen molar-refractivity contribution in [3.63, 3.8) is 0 Å². The van der Waals surface area contributed by atoms with Gasteiger partial charge < -0.3 is 20.7 Å². The molecule has 3 rings (SSSR count). The molecule has 1 atom stereocenters. The molecular weight excluding hydrogens is 294 g/mol. The van der Waals surface area contributed by atoms with Crippen molar-refractivity contribution >= 4 is 23.2 Å².